The summed E-state index contributed by atoms with van der Waals surface area (Å²) < 4.78 is 9.53. The van der Waals surface area contributed by atoms with Gasteiger partial charge in [0.25, 0.3) is 0 Å². The average Bonchev–Trinajstić information content (AvgIpc) is 1.04. The summed E-state index contributed by atoms with van der Waals surface area (Å²) in [5, 5.41) is 6.68. The van der Waals surface area contributed by atoms with Gasteiger partial charge in [-0.25, -0.2) is 18.3 Å². The van der Waals surface area contributed by atoms with Crippen molar-refractivity contribution in [3.8, 4) is 45.0 Å². The van der Waals surface area contributed by atoms with Crippen LogP contribution in [-0.2, 0) is 40.0 Å². The third-order valence-electron chi connectivity index (χ3n) is 24.1. The third kappa shape index (κ3) is 20.2. The molecule has 0 saturated heterocycles. The van der Waals surface area contributed by atoms with Crippen LogP contribution in [0.4, 0.5) is 0 Å². The highest BCUT2D eigenvalue weighted by molar-refractivity contribution is 6.90. The Balaban J connectivity index is 0.000000161. The van der Waals surface area contributed by atoms with Crippen LogP contribution >= 0.6 is 0 Å². The van der Waals surface area contributed by atoms with E-state index in [1.807, 2.05) is 0 Å². The molecule has 4 heterocycles. The lowest BCUT2D eigenvalue weighted by molar-refractivity contribution is -0.660. The van der Waals surface area contributed by atoms with Crippen LogP contribution in [0.25, 0.3) is 45.0 Å². The van der Waals surface area contributed by atoms with Crippen LogP contribution in [-0.4, -0.2) is 32.3 Å². The highest BCUT2D eigenvalue weighted by Gasteiger charge is 2.36. The highest BCUT2D eigenvalue weighted by atomic mass is 28.3. The van der Waals surface area contributed by atoms with Crippen LogP contribution in [0.1, 0.15) is 248 Å². The predicted octanol–water partition coefficient (Wildman–Crippen LogP) is 22.7. The smallest absolute Gasteiger partial charge is 0.201 e. The lowest BCUT2D eigenvalue weighted by Gasteiger charge is -2.24. The van der Waals surface area contributed by atoms with Crippen molar-refractivity contribution in [1.82, 2.24) is 0 Å². The molecule has 0 spiro atoms. The van der Waals surface area contributed by atoms with Gasteiger partial charge in [-0.2, -0.15) is 0 Å². The number of aryl methyl sites for hydroxylation is 9. The lowest BCUT2D eigenvalue weighted by Crippen LogP contribution is -2.45. The van der Waals surface area contributed by atoms with Crippen molar-refractivity contribution in [1.29, 1.82) is 0 Å². The van der Waals surface area contributed by atoms with Gasteiger partial charge in [0, 0.05) is 68.8 Å². The zero-order chi connectivity index (χ0) is 76.3. The minimum absolute atomic E-state index is 0.196. The van der Waals surface area contributed by atoms with Crippen LogP contribution in [0.15, 0.2) is 122 Å². The Morgan fingerprint density at radius 2 is 0.625 bits per heavy atom. The van der Waals surface area contributed by atoms with Crippen molar-refractivity contribution >= 4 is 53.0 Å². The van der Waals surface area contributed by atoms with Gasteiger partial charge < -0.3 is 0 Å². The van der Waals surface area contributed by atoms with Crippen LogP contribution in [0.3, 0.4) is 0 Å². The van der Waals surface area contributed by atoms with E-state index in [4.69, 9.17) is 0 Å². The highest BCUT2D eigenvalue weighted by Crippen LogP contribution is 2.40. The van der Waals surface area contributed by atoms with Gasteiger partial charge >= 0.3 is 0 Å². The van der Waals surface area contributed by atoms with Crippen molar-refractivity contribution in [3.63, 3.8) is 0 Å². The van der Waals surface area contributed by atoms with E-state index in [0.717, 1.165) is 30.1 Å². The van der Waals surface area contributed by atoms with Gasteiger partial charge in [0.05, 0.1) is 32.3 Å². The quantitative estimate of drug-likeness (QED) is 0.0718. The molecule has 4 aliphatic rings. The molecule has 4 fully saturated rings. The predicted molar refractivity (Wildman–Crippen MR) is 464 cm³/mol. The van der Waals surface area contributed by atoms with E-state index < -0.39 is 32.3 Å². The minimum atomic E-state index is -1.40. The van der Waals surface area contributed by atoms with Gasteiger partial charge in [-0.3, -0.25) is 0 Å². The first-order valence-corrected chi connectivity index (χ1v) is 55.2. The van der Waals surface area contributed by atoms with Crippen LogP contribution in [0, 0.1) is 40.5 Å². The fourth-order valence-corrected chi connectivity index (χ4v) is 24.9. The molecule has 0 unspecified atom stereocenters. The monoisotopic (exact) mass is 1470 g/mol. The van der Waals surface area contributed by atoms with E-state index in [1.165, 1.54) is 192 Å². The molecule has 0 N–H and O–H groups in total. The number of hydrogen-bond donors (Lipinski definition) is 0. The molecule has 0 atom stereocenters. The zero-order valence-electron chi connectivity index (χ0n) is 71.3. The molecule has 8 aromatic rings. The molecule has 104 heavy (non-hydrogen) atoms. The van der Waals surface area contributed by atoms with Crippen molar-refractivity contribution in [2.45, 2.75) is 306 Å². The lowest BCUT2D eigenvalue weighted by atomic mass is 9.85. The Kier molecular flexibility index (Phi) is 26.8. The largest absolute Gasteiger partial charge is 0.212 e. The third-order valence-corrected chi connectivity index (χ3v) is 32.3. The topological polar surface area (TPSA) is 15.5 Å². The Hall–Kier alpha value is -5.65. The summed E-state index contributed by atoms with van der Waals surface area (Å²) in [4.78, 5) is 0. The Labute approximate surface area is 640 Å². The normalized spacial score (nSPS) is 15.9. The summed E-state index contributed by atoms with van der Waals surface area (Å²) in [6.45, 7) is 57.2. The summed E-state index contributed by atoms with van der Waals surface area (Å²) in [7, 11) is 3.36. The average molecular weight is 1470 g/mol. The summed E-state index contributed by atoms with van der Waals surface area (Å²) in [5.41, 5.74) is 29.0. The molecule has 0 amide bonds. The Morgan fingerprint density at radius 1 is 0.346 bits per heavy atom. The fourth-order valence-electron chi connectivity index (χ4n) is 18.1. The first kappa shape index (κ1) is 82.4. The maximum atomic E-state index is 2.55. The number of rotatable bonds is 15. The van der Waals surface area contributed by atoms with Gasteiger partial charge in [-0.1, -0.05) is 232 Å². The fraction of sp³-hybridized carbons (Fsp3) is 0.542. The molecular weight excluding hydrogens is 1320 g/mol. The molecular formula is C96H144N4Si4+4. The number of pyridine rings is 4. The summed E-state index contributed by atoms with van der Waals surface area (Å²) in [5.74, 6) is 4.40. The molecule has 4 saturated carbocycles. The molecule has 0 bridgehead atoms. The first-order valence-electron chi connectivity index (χ1n) is 41.2. The molecule has 4 aromatic carbocycles. The van der Waals surface area contributed by atoms with E-state index in [2.05, 4.69) is 330 Å². The second kappa shape index (κ2) is 33.9. The van der Waals surface area contributed by atoms with Gasteiger partial charge in [-0.15, -0.1) is 0 Å². The van der Waals surface area contributed by atoms with Gasteiger partial charge in [0.1, 0.15) is 28.2 Å². The summed E-state index contributed by atoms with van der Waals surface area (Å²) >= 11 is 0. The second-order valence-electron chi connectivity index (χ2n) is 39.1. The molecule has 560 valence electrons. The summed E-state index contributed by atoms with van der Waals surface area (Å²) in [6.07, 6.45) is 33.2. The summed E-state index contributed by atoms with van der Waals surface area (Å²) in [6, 6.07) is 38.1. The molecule has 4 aromatic heterocycles. The molecule has 0 aliphatic heterocycles. The van der Waals surface area contributed by atoms with E-state index in [1.54, 1.807) is 43.0 Å². The molecule has 8 heteroatoms. The van der Waals surface area contributed by atoms with Gasteiger partial charge in [0.15, 0.2) is 24.8 Å². The van der Waals surface area contributed by atoms with E-state index in [-0.39, 0.29) is 5.41 Å². The van der Waals surface area contributed by atoms with Crippen molar-refractivity contribution in [2.24, 2.45) is 34.1 Å². The minimum Gasteiger partial charge on any atom is -0.201 e. The van der Waals surface area contributed by atoms with Gasteiger partial charge in [-0.05, 0) is 217 Å². The van der Waals surface area contributed by atoms with Crippen molar-refractivity contribution in [3.05, 3.63) is 189 Å². The maximum Gasteiger partial charge on any atom is 0.212 e. The van der Waals surface area contributed by atoms with E-state index in [9.17, 15) is 0 Å². The zero-order valence-corrected chi connectivity index (χ0v) is 75.3. The van der Waals surface area contributed by atoms with E-state index in [0.29, 0.717) is 11.8 Å². The van der Waals surface area contributed by atoms with Crippen LogP contribution < -0.4 is 39.0 Å². The molecule has 12 rings (SSSR count). The SMILES string of the molecule is Cc1cc(C(C)(C)C)ccc1-c1cc([Si](C)(C)C)c(C2CCCC2)c[n+]1C.Cc1cc(C(C)C)ccc1-c1cc([Si](C)(C)C)c(C2CCCC2)c[n+]1C.Cc1cc(CC(C)C)ccc1-c1cc([Si](C)(C)C)c(C2CCCC2)c[n+]1C.Cc1ccc(-c2cc([Si](C)(C)C)c(C3CCCC3)c[n+]2C)c(C)c1. The molecule has 4 aliphatic carbocycles. The Bertz CT molecular complexity index is 4280. The van der Waals surface area contributed by atoms with Gasteiger partial charge in [0.2, 0.25) is 22.8 Å². The van der Waals surface area contributed by atoms with E-state index >= 15 is 0 Å². The Morgan fingerprint density at radius 3 is 0.885 bits per heavy atom. The van der Waals surface area contributed by atoms with Crippen LogP contribution in [0.5, 0.6) is 0 Å². The molecule has 0 radical (unpaired) electrons. The maximum absolute atomic E-state index is 2.55. The number of aromatic nitrogens is 4. The van der Waals surface area contributed by atoms with Crippen molar-refractivity contribution in [2.75, 3.05) is 0 Å². The van der Waals surface area contributed by atoms with Crippen molar-refractivity contribution < 1.29 is 18.3 Å². The number of benzene rings is 4. The number of nitrogens with zero attached hydrogens (tertiary/aromatic N) is 4. The van der Waals surface area contributed by atoms with Crippen LogP contribution in [0.2, 0.25) is 78.6 Å². The number of hydrogen-bond acceptors (Lipinski definition) is 0. The molecule has 4 nitrogen and oxygen atoms in total. The first-order chi connectivity index (χ1) is 48.6. The second-order valence-corrected chi connectivity index (χ2v) is 59.2. The standard InChI is InChI=1S/2C25H38NSi.C24H36NSi.C22H32NSi/c1-18-15-20(25(2,3)4)13-14-21(18)23-16-24(27(6,7)8)22(17-26(23)5)19-11-9-10-12-19;1-18(2)14-20-12-13-22(19(3)15-20)24-16-25(27(5,6)7)23(17-26(24)4)21-10-8-9-11-21;1-17(2)20-12-13-21(18(3)14-20)23-15-24(26(5,6)7)22(16-25(23)4)19-10-8-9-11-19;1-16-11-12-19(17(2)13-16)21-14-22(24(4,5)6)20(15-23(21)3)18-9-7-8-10-18/h13-17,19H,9-12H2,1-8H3;12-13,15-18,21H,8-11,14H2,1-7H3;12-17,19H,8-11H2,1-7H3;11-15,18H,7-10H2,1-6H3/q4*+1.